The molecule has 6 nitrogen and oxygen atoms in total. The largest absolute Gasteiger partial charge is 0.497 e. The van der Waals surface area contributed by atoms with Gasteiger partial charge in [-0.05, 0) is 19.0 Å². The first kappa shape index (κ1) is 14.6. The van der Waals surface area contributed by atoms with Gasteiger partial charge in [0.2, 0.25) is 5.91 Å². The maximum Gasteiger partial charge on any atom is 0.222 e. The zero-order chi connectivity index (χ0) is 14.4. The summed E-state index contributed by atoms with van der Waals surface area (Å²) in [7, 11) is 1.65. The molecular formula is C14H22N4O2. The number of methoxy groups -OCH3 is 1. The second-order valence-corrected chi connectivity index (χ2v) is 4.81. The summed E-state index contributed by atoms with van der Waals surface area (Å²) in [6.07, 6.45) is 3.05. The number of anilines is 1. The summed E-state index contributed by atoms with van der Waals surface area (Å²) < 4.78 is 5.21. The molecule has 6 heteroatoms. The van der Waals surface area contributed by atoms with Crippen molar-refractivity contribution in [3.63, 3.8) is 0 Å². The molecule has 1 saturated heterocycles. The first-order valence-corrected chi connectivity index (χ1v) is 6.97. The molecule has 2 N–H and O–H groups in total. The molecule has 0 aliphatic carbocycles. The topological polar surface area (TPSA) is 71.7 Å². The standard InChI is InChI=1S/C14H22N4O2/c1-20-12-4-6-16-13(11-12)17-7-9-18(10-8-17)14(19)3-2-5-15/h4,6,11H,2-3,5,7-10,15H2,1H3. The molecular weight excluding hydrogens is 256 g/mol. The highest BCUT2D eigenvalue weighted by Crippen LogP contribution is 2.19. The molecule has 110 valence electrons. The third-order valence-corrected chi connectivity index (χ3v) is 3.50. The number of piperazine rings is 1. The van der Waals surface area contributed by atoms with E-state index in [1.807, 2.05) is 17.0 Å². The van der Waals surface area contributed by atoms with Crippen molar-refractivity contribution >= 4 is 11.7 Å². The normalized spacial score (nSPS) is 15.3. The Morgan fingerprint density at radius 2 is 2.15 bits per heavy atom. The first-order chi connectivity index (χ1) is 9.74. The SMILES string of the molecule is COc1ccnc(N2CCN(C(=O)CCCN)CC2)c1. The highest BCUT2D eigenvalue weighted by atomic mass is 16.5. The predicted octanol–water partition coefficient (Wildman–Crippen LogP) is 0.478. The molecule has 0 saturated carbocycles. The summed E-state index contributed by atoms with van der Waals surface area (Å²) in [6.45, 7) is 3.65. The van der Waals surface area contributed by atoms with Gasteiger partial charge < -0.3 is 20.3 Å². The highest BCUT2D eigenvalue weighted by molar-refractivity contribution is 5.76. The molecule has 0 atom stereocenters. The first-order valence-electron chi connectivity index (χ1n) is 6.97. The minimum Gasteiger partial charge on any atom is -0.497 e. The van der Waals surface area contributed by atoms with Crippen LogP contribution in [0.3, 0.4) is 0 Å². The number of hydrogen-bond acceptors (Lipinski definition) is 5. The van der Waals surface area contributed by atoms with Crippen molar-refractivity contribution in [3.05, 3.63) is 18.3 Å². The third-order valence-electron chi connectivity index (χ3n) is 3.50. The molecule has 0 aromatic carbocycles. The second kappa shape index (κ2) is 7.09. The summed E-state index contributed by atoms with van der Waals surface area (Å²) in [5.74, 6) is 1.91. The highest BCUT2D eigenvalue weighted by Gasteiger charge is 2.21. The maximum absolute atomic E-state index is 11.9. The Morgan fingerprint density at radius 1 is 1.40 bits per heavy atom. The average Bonchev–Trinajstić information content (AvgIpc) is 2.52. The van der Waals surface area contributed by atoms with Crippen LogP contribution in [0.5, 0.6) is 5.75 Å². The molecule has 0 bridgehead atoms. The number of amides is 1. The van der Waals surface area contributed by atoms with Gasteiger partial charge in [0.05, 0.1) is 7.11 Å². The monoisotopic (exact) mass is 278 g/mol. The van der Waals surface area contributed by atoms with Crippen molar-refractivity contribution in [2.24, 2.45) is 5.73 Å². The zero-order valence-electron chi connectivity index (χ0n) is 11.9. The van der Waals surface area contributed by atoms with Crippen molar-refractivity contribution in [2.75, 3.05) is 44.7 Å². The van der Waals surface area contributed by atoms with Crippen LogP contribution >= 0.6 is 0 Å². The van der Waals surface area contributed by atoms with E-state index in [-0.39, 0.29) is 5.91 Å². The number of pyridine rings is 1. The second-order valence-electron chi connectivity index (χ2n) is 4.81. The number of carbonyl (C=O) groups is 1. The van der Waals surface area contributed by atoms with Crippen molar-refractivity contribution in [1.82, 2.24) is 9.88 Å². The van der Waals surface area contributed by atoms with E-state index in [1.165, 1.54) is 0 Å². The molecule has 1 amide bonds. The summed E-state index contributed by atoms with van der Waals surface area (Å²) in [6, 6.07) is 3.75. The van der Waals surface area contributed by atoms with Crippen LogP contribution in [0.2, 0.25) is 0 Å². The van der Waals surface area contributed by atoms with Gasteiger partial charge in [-0.15, -0.1) is 0 Å². The van der Waals surface area contributed by atoms with Crippen LogP contribution in [0.4, 0.5) is 5.82 Å². The molecule has 0 spiro atoms. The minimum atomic E-state index is 0.203. The number of hydrogen-bond donors (Lipinski definition) is 1. The Hall–Kier alpha value is -1.82. The third kappa shape index (κ3) is 3.60. The number of carbonyl (C=O) groups excluding carboxylic acids is 1. The van der Waals surface area contributed by atoms with Crippen LogP contribution in [-0.2, 0) is 4.79 Å². The fourth-order valence-electron chi connectivity index (χ4n) is 2.30. The lowest BCUT2D eigenvalue weighted by atomic mass is 10.2. The van der Waals surface area contributed by atoms with Gasteiger partial charge in [-0.3, -0.25) is 4.79 Å². The molecule has 0 radical (unpaired) electrons. The number of aromatic nitrogens is 1. The van der Waals surface area contributed by atoms with E-state index < -0.39 is 0 Å². The van der Waals surface area contributed by atoms with Gasteiger partial charge in [0.1, 0.15) is 11.6 Å². The lowest BCUT2D eigenvalue weighted by Gasteiger charge is -2.35. The van der Waals surface area contributed by atoms with Gasteiger partial charge in [0.25, 0.3) is 0 Å². The van der Waals surface area contributed by atoms with Crippen LogP contribution in [0.15, 0.2) is 18.3 Å². The van der Waals surface area contributed by atoms with Gasteiger partial charge in [0.15, 0.2) is 0 Å². The van der Waals surface area contributed by atoms with Crippen molar-refractivity contribution in [1.29, 1.82) is 0 Å². The number of nitrogens with zero attached hydrogens (tertiary/aromatic N) is 3. The number of ether oxygens (including phenoxy) is 1. The summed E-state index contributed by atoms with van der Waals surface area (Å²) in [4.78, 5) is 20.4. The van der Waals surface area contributed by atoms with Gasteiger partial charge in [-0.2, -0.15) is 0 Å². The van der Waals surface area contributed by atoms with E-state index in [0.717, 1.165) is 44.2 Å². The number of nitrogens with two attached hydrogens (primary N) is 1. The molecule has 1 aromatic rings. The lowest BCUT2D eigenvalue weighted by molar-refractivity contribution is -0.131. The fraction of sp³-hybridized carbons (Fsp3) is 0.571. The Labute approximate surface area is 119 Å². The van der Waals surface area contributed by atoms with E-state index in [9.17, 15) is 4.79 Å². The Kier molecular flexibility index (Phi) is 5.17. The van der Waals surface area contributed by atoms with Gasteiger partial charge in [-0.25, -0.2) is 4.98 Å². The van der Waals surface area contributed by atoms with E-state index in [1.54, 1.807) is 13.3 Å². The Morgan fingerprint density at radius 3 is 2.80 bits per heavy atom. The van der Waals surface area contributed by atoms with E-state index >= 15 is 0 Å². The molecule has 2 heterocycles. The smallest absolute Gasteiger partial charge is 0.222 e. The molecule has 1 fully saturated rings. The lowest BCUT2D eigenvalue weighted by Crippen LogP contribution is -2.49. The van der Waals surface area contributed by atoms with Crippen molar-refractivity contribution < 1.29 is 9.53 Å². The van der Waals surface area contributed by atoms with E-state index in [2.05, 4.69) is 9.88 Å². The number of rotatable bonds is 5. The minimum absolute atomic E-state index is 0.203. The van der Waals surface area contributed by atoms with Gasteiger partial charge in [0, 0.05) is 44.9 Å². The quantitative estimate of drug-likeness (QED) is 0.848. The van der Waals surface area contributed by atoms with Crippen molar-refractivity contribution in [2.45, 2.75) is 12.8 Å². The van der Waals surface area contributed by atoms with Crippen LogP contribution < -0.4 is 15.4 Å². The predicted molar refractivity (Wildman–Crippen MR) is 77.9 cm³/mol. The van der Waals surface area contributed by atoms with Crippen LogP contribution in [0.1, 0.15) is 12.8 Å². The average molecular weight is 278 g/mol. The molecule has 0 unspecified atom stereocenters. The van der Waals surface area contributed by atoms with E-state index in [4.69, 9.17) is 10.5 Å². The van der Waals surface area contributed by atoms with Crippen LogP contribution in [-0.4, -0.2) is 55.6 Å². The molecule has 1 aliphatic rings. The summed E-state index contributed by atoms with van der Waals surface area (Å²) in [5, 5.41) is 0. The van der Waals surface area contributed by atoms with E-state index in [0.29, 0.717) is 13.0 Å². The Bertz CT molecular complexity index is 445. The molecule has 1 aliphatic heterocycles. The van der Waals surface area contributed by atoms with Crippen LogP contribution in [0.25, 0.3) is 0 Å². The van der Waals surface area contributed by atoms with Gasteiger partial charge >= 0.3 is 0 Å². The summed E-state index contributed by atoms with van der Waals surface area (Å²) >= 11 is 0. The van der Waals surface area contributed by atoms with Crippen LogP contribution in [0, 0.1) is 0 Å². The fourth-order valence-corrected chi connectivity index (χ4v) is 2.30. The van der Waals surface area contributed by atoms with Crippen molar-refractivity contribution in [3.8, 4) is 5.75 Å². The molecule has 1 aromatic heterocycles. The van der Waals surface area contributed by atoms with Gasteiger partial charge in [-0.1, -0.05) is 0 Å². The molecule has 2 rings (SSSR count). The Balaban J connectivity index is 1.88. The zero-order valence-corrected chi connectivity index (χ0v) is 11.9. The summed E-state index contributed by atoms with van der Waals surface area (Å²) in [5.41, 5.74) is 5.43. The maximum atomic E-state index is 11.9. The molecule has 20 heavy (non-hydrogen) atoms.